The zero-order chi connectivity index (χ0) is 16.0. The second-order valence-corrected chi connectivity index (χ2v) is 6.20. The summed E-state index contributed by atoms with van der Waals surface area (Å²) >= 11 is 0. The van der Waals surface area contributed by atoms with Crippen molar-refractivity contribution in [1.82, 2.24) is 10.2 Å². The third-order valence-corrected chi connectivity index (χ3v) is 3.12. The number of likely N-dealkylation sites (tertiary alicyclic amines) is 1. The zero-order valence-corrected chi connectivity index (χ0v) is 12.8. The maximum atomic E-state index is 11.8. The molecule has 120 valence electrons. The molecule has 2 amide bonds. The summed E-state index contributed by atoms with van der Waals surface area (Å²) in [5, 5.41) is 11.4. The molecule has 0 spiro atoms. The summed E-state index contributed by atoms with van der Waals surface area (Å²) in [6.07, 6.45) is 0.739. The van der Waals surface area contributed by atoms with E-state index in [1.165, 1.54) is 0 Å². The molecule has 0 radical (unpaired) electrons. The monoisotopic (exact) mass is 300 g/mol. The highest BCUT2D eigenvalue weighted by Gasteiger charge is 2.25. The van der Waals surface area contributed by atoms with Crippen LogP contribution in [0.15, 0.2) is 0 Å². The largest absolute Gasteiger partial charge is 0.481 e. The number of hydrogen-bond acceptors (Lipinski definition) is 4. The molecule has 0 aromatic heterocycles. The average molecular weight is 300 g/mol. The third kappa shape index (κ3) is 6.97. The number of hydrogen-bond donors (Lipinski definition) is 2. The summed E-state index contributed by atoms with van der Waals surface area (Å²) in [6, 6.07) is -0.0108. The van der Waals surface area contributed by atoms with E-state index in [1.54, 1.807) is 25.7 Å². The van der Waals surface area contributed by atoms with Gasteiger partial charge in [0.2, 0.25) is 5.91 Å². The van der Waals surface area contributed by atoms with Gasteiger partial charge >= 0.3 is 12.1 Å². The fourth-order valence-electron chi connectivity index (χ4n) is 2.12. The van der Waals surface area contributed by atoms with Crippen molar-refractivity contribution in [3.05, 3.63) is 0 Å². The van der Waals surface area contributed by atoms with Gasteiger partial charge < -0.3 is 20.1 Å². The zero-order valence-electron chi connectivity index (χ0n) is 12.8. The van der Waals surface area contributed by atoms with Gasteiger partial charge in [-0.05, 0) is 33.6 Å². The van der Waals surface area contributed by atoms with Gasteiger partial charge in [-0.1, -0.05) is 0 Å². The molecule has 0 atom stereocenters. The smallest absolute Gasteiger partial charge is 0.407 e. The number of carbonyl (C=O) groups excluding carboxylic acids is 2. The Kier molecular flexibility index (Phi) is 5.99. The SMILES string of the molecule is CC(C)(C)OC(=O)NC1CCN(C(=O)CCC(=O)O)CC1. The third-order valence-electron chi connectivity index (χ3n) is 3.12. The lowest BCUT2D eigenvalue weighted by Gasteiger charge is -2.32. The van der Waals surface area contributed by atoms with E-state index in [9.17, 15) is 14.4 Å². The van der Waals surface area contributed by atoms with E-state index in [4.69, 9.17) is 9.84 Å². The lowest BCUT2D eigenvalue weighted by atomic mass is 10.0. The van der Waals surface area contributed by atoms with Crippen molar-refractivity contribution in [3.63, 3.8) is 0 Å². The molecule has 1 saturated heterocycles. The molecule has 0 aliphatic carbocycles. The normalized spacial score (nSPS) is 16.4. The molecule has 0 aromatic carbocycles. The number of carbonyl (C=O) groups is 3. The van der Waals surface area contributed by atoms with Crippen LogP contribution in [0.2, 0.25) is 0 Å². The van der Waals surface area contributed by atoms with Crippen molar-refractivity contribution in [2.45, 2.75) is 58.1 Å². The molecule has 0 bridgehead atoms. The van der Waals surface area contributed by atoms with Crippen molar-refractivity contribution < 1.29 is 24.2 Å². The summed E-state index contributed by atoms with van der Waals surface area (Å²) in [7, 11) is 0. The molecule has 0 saturated carbocycles. The number of carboxylic acid groups (broad SMARTS) is 1. The molecule has 1 aliphatic rings. The first-order valence-electron chi connectivity index (χ1n) is 7.16. The van der Waals surface area contributed by atoms with Gasteiger partial charge in [-0.15, -0.1) is 0 Å². The Balaban J connectivity index is 2.30. The number of ether oxygens (including phenoxy) is 1. The predicted molar refractivity (Wildman–Crippen MR) is 75.8 cm³/mol. The van der Waals surface area contributed by atoms with Crippen LogP contribution >= 0.6 is 0 Å². The van der Waals surface area contributed by atoms with Gasteiger partial charge in [0.05, 0.1) is 6.42 Å². The van der Waals surface area contributed by atoms with Gasteiger partial charge in [-0.3, -0.25) is 9.59 Å². The first-order chi connectivity index (χ1) is 9.67. The van der Waals surface area contributed by atoms with Gasteiger partial charge in [-0.2, -0.15) is 0 Å². The lowest BCUT2D eigenvalue weighted by molar-refractivity contribution is -0.141. The van der Waals surface area contributed by atoms with Gasteiger partial charge in [0.25, 0.3) is 0 Å². The summed E-state index contributed by atoms with van der Waals surface area (Å²) < 4.78 is 5.18. The van der Waals surface area contributed by atoms with Crippen LogP contribution in [0.1, 0.15) is 46.5 Å². The number of piperidine rings is 1. The van der Waals surface area contributed by atoms with E-state index < -0.39 is 17.7 Å². The summed E-state index contributed by atoms with van der Waals surface area (Å²) in [4.78, 5) is 35.5. The second-order valence-electron chi connectivity index (χ2n) is 6.20. The number of amides is 2. The molecule has 7 heteroatoms. The molecule has 2 N–H and O–H groups in total. The Hall–Kier alpha value is -1.79. The molecule has 1 fully saturated rings. The Labute approximate surface area is 124 Å². The average Bonchev–Trinajstić information content (AvgIpc) is 2.34. The highest BCUT2D eigenvalue weighted by molar-refractivity contribution is 5.80. The number of carboxylic acids is 1. The van der Waals surface area contributed by atoms with Crippen LogP contribution in [0.4, 0.5) is 4.79 Å². The quantitative estimate of drug-likeness (QED) is 0.817. The van der Waals surface area contributed by atoms with Crippen LogP contribution in [0.3, 0.4) is 0 Å². The lowest BCUT2D eigenvalue weighted by Crippen LogP contribution is -2.47. The fourth-order valence-corrected chi connectivity index (χ4v) is 2.12. The molecule has 0 aromatic rings. The van der Waals surface area contributed by atoms with E-state index in [0.29, 0.717) is 25.9 Å². The number of rotatable bonds is 4. The first kappa shape index (κ1) is 17.3. The van der Waals surface area contributed by atoms with Gasteiger partial charge in [0, 0.05) is 25.6 Å². The van der Waals surface area contributed by atoms with Crippen LogP contribution in [-0.2, 0) is 14.3 Å². The van der Waals surface area contributed by atoms with Crippen LogP contribution in [0, 0.1) is 0 Å². The molecule has 7 nitrogen and oxygen atoms in total. The Morgan fingerprint density at radius 2 is 1.76 bits per heavy atom. The molecule has 0 unspecified atom stereocenters. The minimum Gasteiger partial charge on any atom is -0.481 e. The summed E-state index contributed by atoms with van der Waals surface area (Å²) in [5.41, 5.74) is -0.530. The highest BCUT2D eigenvalue weighted by atomic mass is 16.6. The van der Waals surface area contributed by atoms with Crippen molar-refractivity contribution >= 4 is 18.0 Å². The topological polar surface area (TPSA) is 95.9 Å². The van der Waals surface area contributed by atoms with Crippen molar-refractivity contribution in [3.8, 4) is 0 Å². The van der Waals surface area contributed by atoms with E-state index in [2.05, 4.69) is 5.32 Å². The van der Waals surface area contributed by atoms with Gasteiger partial charge in [0.1, 0.15) is 5.60 Å². The predicted octanol–water partition coefficient (Wildman–Crippen LogP) is 1.37. The Morgan fingerprint density at radius 1 is 1.19 bits per heavy atom. The second kappa shape index (κ2) is 7.28. The minimum absolute atomic E-state index is 0.0108. The van der Waals surface area contributed by atoms with E-state index in [-0.39, 0.29) is 24.8 Å². The number of nitrogens with one attached hydrogen (secondary N) is 1. The van der Waals surface area contributed by atoms with E-state index in [1.807, 2.05) is 0 Å². The van der Waals surface area contributed by atoms with Crippen LogP contribution in [-0.4, -0.2) is 52.7 Å². The van der Waals surface area contributed by atoms with Gasteiger partial charge in [0.15, 0.2) is 0 Å². The standard InChI is InChI=1S/C14H24N2O5/c1-14(2,3)21-13(20)15-10-6-8-16(9-7-10)11(17)4-5-12(18)19/h10H,4-9H2,1-3H3,(H,15,20)(H,18,19). The fraction of sp³-hybridized carbons (Fsp3) is 0.786. The molecule has 1 aliphatic heterocycles. The molecule has 1 heterocycles. The maximum Gasteiger partial charge on any atom is 0.407 e. The summed E-state index contributed by atoms with van der Waals surface area (Å²) in [6.45, 7) is 6.46. The van der Waals surface area contributed by atoms with E-state index >= 15 is 0 Å². The maximum absolute atomic E-state index is 11.8. The number of nitrogens with zero attached hydrogens (tertiary/aromatic N) is 1. The van der Waals surface area contributed by atoms with Crippen LogP contribution in [0.25, 0.3) is 0 Å². The van der Waals surface area contributed by atoms with Crippen LogP contribution < -0.4 is 5.32 Å². The summed E-state index contributed by atoms with van der Waals surface area (Å²) in [5.74, 6) is -1.11. The number of alkyl carbamates (subject to hydrolysis) is 1. The van der Waals surface area contributed by atoms with Crippen molar-refractivity contribution in [1.29, 1.82) is 0 Å². The molecule has 1 rings (SSSR count). The molecular formula is C14H24N2O5. The Morgan fingerprint density at radius 3 is 2.24 bits per heavy atom. The first-order valence-corrected chi connectivity index (χ1v) is 7.16. The molecule has 21 heavy (non-hydrogen) atoms. The van der Waals surface area contributed by atoms with Crippen molar-refractivity contribution in [2.75, 3.05) is 13.1 Å². The minimum atomic E-state index is -0.968. The number of aliphatic carboxylic acids is 1. The van der Waals surface area contributed by atoms with E-state index in [0.717, 1.165) is 0 Å². The molecular weight excluding hydrogens is 276 g/mol. The Bertz CT molecular complexity index is 395. The van der Waals surface area contributed by atoms with Crippen molar-refractivity contribution in [2.24, 2.45) is 0 Å². The van der Waals surface area contributed by atoms with Crippen LogP contribution in [0.5, 0.6) is 0 Å². The van der Waals surface area contributed by atoms with Gasteiger partial charge in [-0.25, -0.2) is 4.79 Å². The highest BCUT2D eigenvalue weighted by Crippen LogP contribution is 2.13.